The molecule has 0 spiro atoms. The second kappa shape index (κ2) is 6.45. The molecule has 1 aliphatic carbocycles. The molecule has 4 heteroatoms. The van der Waals surface area contributed by atoms with Crippen LogP contribution in [0.2, 0.25) is 0 Å². The fourth-order valence-corrected chi connectivity index (χ4v) is 3.88. The highest BCUT2D eigenvalue weighted by Gasteiger charge is 2.43. The number of hydrogen-bond donors (Lipinski definition) is 2. The molecule has 1 saturated carbocycles. The van der Waals surface area contributed by atoms with Crippen LogP contribution in [0.3, 0.4) is 0 Å². The van der Waals surface area contributed by atoms with Crippen molar-refractivity contribution in [2.45, 2.75) is 43.7 Å². The monoisotopic (exact) mass is 334 g/mol. The third-order valence-corrected chi connectivity index (χ3v) is 5.22. The van der Waals surface area contributed by atoms with Crippen LogP contribution in [0.1, 0.15) is 43.2 Å². The van der Waals surface area contributed by atoms with E-state index in [2.05, 4.69) is 5.32 Å². The molecular weight excluding hydrogens is 312 g/mol. The molecule has 0 bridgehead atoms. The Kier molecular flexibility index (Phi) is 4.14. The Morgan fingerprint density at radius 2 is 1.64 bits per heavy atom. The molecule has 1 heterocycles. The molecule has 1 unspecified atom stereocenters. The number of carbonyl (C=O) groups is 1. The number of benzene rings is 2. The first kappa shape index (κ1) is 16.0. The van der Waals surface area contributed by atoms with Gasteiger partial charge < -0.3 is 10.4 Å². The first-order valence-electron chi connectivity index (χ1n) is 8.93. The van der Waals surface area contributed by atoms with E-state index in [-0.39, 0.29) is 5.91 Å². The minimum atomic E-state index is -1.07. The van der Waals surface area contributed by atoms with Crippen molar-refractivity contribution in [3.63, 3.8) is 0 Å². The standard InChI is InChI=1S/C21H22N2O2/c24-20-19(21(25)13-7-2-8-14-21)23-18(15-9-3-1-4-10-15)16-11-5-6-12-17(16)22-20/h1,3-6,9-12,19,25H,2,7-8,13-14H2,(H,22,24). The SMILES string of the molecule is O=C1Nc2ccccc2C(c2ccccc2)=NC1C1(O)CCCCC1. The van der Waals surface area contributed by atoms with E-state index in [9.17, 15) is 9.90 Å². The van der Waals surface area contributed by atoms with Crippen molar-refractivity contribution in [1.82, 2.24) is 0 Å². The summed E-state index contributed by atoms with van der Waals surface area (Å²) < 4.78 is 0. The van der Waals surface area contributed by atoms with Gasteiger partial charge in [0, 0.05) is 11.1 Å². The van der Waals surface area contributed by atoms with Crippen molar-refractivity contribution in [2.24, 2.45) is 4.99 Å². The number of nitrogens with zero attached hydrogens (tertiary/aromatic N) is 1. The second-order valence-electron chi connectivity index (χ2n) is 6.95. The molecule has 1 amide bonds. The number of carbonyl (C=O) groups excluding carboxylic acids is 1. The first-order chi connectivity index (χ1) is 12.2. The van der Waals surface area contributed by atoms with Gasteiger partial charge in [-0.2, -0.15) is 0 Å². The zero-order chi connectivity index (χ0) is 17.3. The summed E-state index contributed by atoms with van der Waals surface area (Å²) in [6.07, 6.45) is 4.21. The van der Waals surface area contributed by atoms with Crippen LogP contribution in [0.25, 0.3) is 0 Å². The molecule has 2 N–H and O–H groups in total. The summed E-state index contributed by atoms with van der Waals surface area (Å²) >= 11 is 0. The summed E-state index contributed by atoms with van der Waals surface area (Å²) in [4.78, 5) is 17.7. The molecule has 1 atom stereocenters. The van der Waals surface area contributed by atoms with Crippen LogP contribution in [-0.4, -0.2) is 28.4 Å². The van der Waals surface area contributed by atoms with Gasteiger partial charge in [0.2, 0.25) is 0 Å². The molecule has 128 valence electrons. The van der Waals surface area contributed by atoms with E-state index in [4.69, 9.17) is 4.99 Å². The van der Waals surface area contributed by atoms with Gasteiger partial charge in [0.15, 0.2) is 6.04 Å². The fraction of sp³-hybridized carbons (Fsp3) is 0.333. The number of aliphatic imine (C=N–C) groups is 1. The van der Waals surface area contributed by atoms with Gasteiger partial charge in [-0.3, -0.25) is 9.79 Å². The van der Waals surface area contributed by atoms with Gasteiger partial charge in [-0.25, -0.2) is 0 Å². The average Bonchev–Trinajstić information content (AvgIpc) is 2.79. The number of para-hydroxylation sites is 1. The molecule has 0 saturated heterocycles. The third-order valence-electron chi connectivity index (χ3n) is 5.22. The van der Waals surface area contributed by atoms with Crippen molar-refractivity contribution in [3.8, 4) is 0 Å². The quantitative estimate of drug-likeness (QED) is 0.882. The Balaban J connectivity index is 1.86. The maximum Gasteiger partial charge on any atom is 0.252 e. The summed E-state index contributed by atoms with van der Waals surface area (Å²) in [6.45, 7) is 0. The Labute approximate surface area is 147 Å². The topological polar surface area (TPSA) is 61.7 Å². The summed E-state index contributed by atoms with van der Waals surface area (Å²) in [5.74, 6) is -0.220. The van der Waals surface area contributed by atoms with Crippen molar-refractivity contribution < 1.29 is 9.90 Å². The predicted octanol–water partition coefficient (Wildman–Crippen LogP) is 3.54. The molecule has 1 aliphatic heterocycles. The lowest BCUT2D eigenvalue weighted by Crippen LogP contribution is -2.49. The molecule has 2 aromatic rings. The van der Waals surface area contributed by atoms with E-state index in [1.54, 1.807) is 0 Å². The van der Waals surface area contributed by atoms with E-state index < -0.39 is 11.6 Å². The molecule has 2 aromatic carbocycles. The Hall–Kier alpha value is -2.46. The van der Waals surface area contributed by atoms with E-state index in [1.807, 2.05) is 54.6 Å². The number of amides is 1. The molecule has 25 heavy (non-hydrogen) atoms. The van der Waals surface area contributed by atoms with Gasteiger partial charge in [0.25, 0.3) is 5.91 Å². The van der Waals surface area contributed by atoms with Crippen LogP contribution in [0.4, 0.5) is 5.69 Å². The van der Waals surface area contributed by atoms with Crippen LogP contribution >= 0.6 is 0 Å². The highest BCUT2D eigenvalue weighted by molar-refractivity contribution is 6.19. The van der Waals surface area contributed by atoms with Crippen LogP contribution in [0.15, 0.2) is 59.6 Å². The van der Waals surface area contributed by atoms with Gasteiger partial charge in [0.1, 0.15) is 0 Å². The highest BCUT2D eigenvalue weighted by atomic mass is 16.3. The molecule has 4 rings (SSSR count). The van der Waals surface area contributed by atoms with Gasteiger partial charge in [-0.15, -0.1) is 0 Å². The van der Waals surface area contributed by atoms with Gasteiger partial charge in [0.05, 0.1) is 17.0 Å². The van der Waals surface area contributed by atoms with E-state index in [1.165, 1.54) is 0 Å². The molecule has 2 aliphatic rings. The highest BCUT2D eigenvalue weighted by Crippen LogP contribution is 2.35. The number of fused-ring (bicyclic) bond motifs is 1. The van der Waals surface area contributed by atoms with Crippen LogP contribution in [0.5, 0.6) is 0 Å². The summed E-state index contributed by atoms with van der Waals surface area (Å²) in [7, 11) is 0. The zero-order valence-corrected chi connectivity index (χ0v) is 14.1. The number of nitrogens with one attached hydrogen (secondary N) is 1. The van der Waals surface area contributed by atoms with Crippen LogP contribution in [0, 0.1) is 0 Å². The van der Waals surface area contributed by atoms with Gasteiger partial charge in [-0.05, 0) is 18.9 Å². The van der Waals surface area contributed by atoms with Gasteiger partial charge in [-0.1, -0.05) is 67.8 Å². The van der Waals surface area contributed by atoms with Crippen molar-refractivity contribution in [1.29, 1.82) is 0 Å². The Morgan fingerprint density at radius 3 is 2.40 bits per heavy atom. The first-order valence-corrected chi connectivity index (χ1v) is 8.93. The van der Waals surface area contributed by atoms with E-state index in [0.717, 1.165) is 41.8 Å². The molecule has 0 aromatic heterocycles. The van der Waals surface area contributed by atoms with E-state index >= 15 is 0 Å². The smallest absolute Gasteiger partial charge is 0.252 e. The predicted molar refractivity (Wildman–Crippen MR) is 99.0 cm³/mol. The van der Waals surface area contributed by atoms with Crippen molar-refractivity contribution in [2.75, 3.05) is 5.32 Å². The molecular formula is C21H22N2O2. The lowest BCUT2D eigenvalue weighted by molar-refractivity contribution is -0.125. The van der Waals surface area contributed by atoms with Crippen LogP contribution < -0.4 is 5.32 Å². The Morgan fingerprint density at radius 1 is 0.960 bits per heavy atom. The summed E-state index contributed by atoms with van der Waals surface area (Å²) in [6, 6.07) is 16.8. The third kappa shape index (κ3) is 2.98. The number of benzodiazepines with no additional fused rings is 1. The van der Waals surface area contributed by atoms with Gasteiger partial charge >= 0.3 is 0 Å². The normalized spacial score (nSPS) is 22.4. The van der Waals surface area contributed by atoms with E-state index in [0.29, 0.717) is 12.8 Å². The van der Waals surface area contributed by atoms with Crippen molar-refractivity contribution >= 4 is 17.3 Å². The largest absolute Gasteiger partial charge is 0.387 e. The second-order valence-corrected chi connectivity index (χ2v) is 6.95. The minimum absolute atomic E-state index is 0.220. The molecule has 4 nitrogen and oxygen atoms in total. The number of anilines is 1. The fourth-order valence-electron chi connectivity index (χ4n) is 3.88. The lowest BCUT2D eigenvalue weighted by Gasteiger charge is -2.36. The molecule has 0 radical (unpaired) electrons. The lowest BCUT2D eigenvalue weighted by atomic mass is 9.79. The Bertz CT molecular complexity index is 808. The summed E-state index contributed by atoms with van der Waals surface area (Å²) in [5.41, 5.74) is 2.29. The number of hydrogen-bond acceptors (Lipinski definition) is 3. The average molecular weight is 334 g/mol. The molecule has 1 fully saturated rings. The minimum Gasteiger partial charge on any atom is -0.387 e. The number of rotatable bonds is 2. The van der Waals surface area contributed by atoms with Crippen LogP contribution in [-0.2, 0) is 4.79 Å². The maximum atomic E-state index is 12.9. The summed E-state index contributed by atoms with van der Waals surface area (Å²) in [5, 5.41) is 14.1. The van der Waals surface area contributed by atoms with Crippen molar-refractivity contribution in [3.05, 3.63) is 65.7 Å². The maximum absolute atomic E-state index is 12.9. The zero-order valence-electron chi connectivity index (χ0n) is 14.1. The number of aliphatic hydroxyl groups is 1.